The predicted octanol–water partition coefficient (Wildman–Crippen LogP) is 3.65. The van der Waals surface area contributed by atoms with Crippen molar-refractivity contribution in [1.82, 2.24) is 9.55 Å². The first-order valence-electron chi connectivity index (χ1n) is 6.68. The molecule has 2 aromatic carbocycles. The SMILES string of the molecule is Cc1ccccc1NC(=O)Cn1c(=S)[nH]c2ccccc21. The molecule has 106 valence electrons. The van der Waals surface area contributed by atoms with Gasteiger partial charge in [0.05, 0.1) is 11.0 Å². The molecule has 1 heterocycles. The van der Waals surface area contributed by atoms with Gasteiger partial charge in [-0.25, -0.2) is 0 Å². The number of carbonyl (C=O) groups excluding carboxylic acids is 1. The molecule has 5 heteroatoms. The first kappa shape index (κ1) is 13.6. The number of rotatable bonds is 3. The molecule has 0 spiro atoms. The summed E-state index contributed by atoms with van der Waals surface area (Å²) in [5.41, 5.74) is 3.73. The minimum Gasteiger partial charge on any atom is -0.331 e. The van der Waals surface area contributed by atoms with E-state index in [1.807, 2.05) is 55.5 Å². The van der Waals surface area contributed by atoms with Crippen LogP contribution in [0.1, 0.15) is 5.56 Å². The van der Waals surface area contributed by atoms with Crippen molar-refractivity contribution in [2.75, 3.05) is 5.32 Å². The molecule has 0 saturated carbocycles. The van der Waals surface area contributed by atoms with Crippen LogP contribution in [0.5, 0.6) is 0 Å². The van der Waals surface area contributed by atoms with Crippen LogP contribution in [0.3, 0.4) is 0 Å². The Bertz CT molecular complexity index is 863. The van der Waals surface area contributed by atoms with Gasteiger partial charge in [0.1, 0.15) is 6.54 Å². The van der Waals surface area contributed by atoms with Crippen LogP contribution in [-0.4, -0.2) is 15.5 Å². The molecular formula is C16H15N3OS. The van der Waals surface area contributed by atoms with Crippen LogP contribution in [0.25, 0.3) is 11.0 Å². The minimum atomic E-state index is -0.0925. The van der Waals surface area contributed by atoms with Crippen LogP contribution >= 0.6 is 12.2 Å². The van der Waals surface area contributed by atoms with Gasteiger partial charge in [-0.1, -0.05) is 30.3 Å². The molecule has 3 rings (SSSR count). The normalized spacial score (nSPS) is 10.7. The fourth-order valence-corrected chi connectivity index (χ4v) is 2.58. The van der Waals surface area contributed by atoms with Gasteiger partial charge in [-0.05, 0) is 42.9 Å². The van der Waals surface area contributed by atoms with Gasteiger partial charge in [-0.3, -0.25) is 4.79 Å². The quantitative estimate of drug-likeness (QED) is 0.725. The average Bonchev–Trinajstić information content (AvgIpc) is 2.78. The maximum absolute atomic E-state index is 12.2. The number of H-pyrrole nitrogens is 1. The molecule has 1 amide bonds. The number of hydrogen-bond donors (Lipinski definition) is 2. The molecule has 2 N–H and O–H groups in total. The first-order valence-corrected chi connectivity index (χ1v) is 7.09. The van der Waals surface area contributed by atoms with Crippen molar-refractivity contribution in [3.8, 4) is 0 Å². The van der Waals surface area contributed by atoms with Crippen molar-refractivity contribution >= 4 is 34.8 Å². The topological polar surface area (TPSA) is 49.8 Å². The van der Waals surface area contributed by atoms with E-state index in [0.29, 0.717) is 4.77 Å². The molecule has 4 nitrogen and oxygen atoms in total. The number of amides is 1. The van der Waals surface area contributed by atoms with Gasteiger partial charge in [0.25, 0.3) is 0 Å². The lowest BCUT2D eigenvalue weighted by molar-refractivity contribution is -0.116. The lowest BCUT2D eigenvalue weighted by Crippen LogP contribution is -2.19. The number of benzene rings is 2. The van der Waals surface area contributed by atoms with E-state index in [1.165, 1.54) is 0 Å². The van der Waals surface area contributed by atoms with Crippen molar-refractivity contribution < 1.29 is 4.79 Å². The summed E-state index contributed by atoms with van der Waals surface area (Å²) in [6.07, 6.45) is 0. The third-order valence-electron chi connectivity index (χ3n) is 3.40. The summed E-state index contributed by atoms with van der Waals surface area (Å²) in [5, 5.41) is 2.92. The molecular weight excluding hydrogens is 282 g/mol. The van der Waals surface area contributed by atoms with E-state index in [2.05, 4.69) is 10.3 Å². The van der Waals surface area contributed by atoms with E-state index in [1.54, 1.807) is 4.57 Å². The van der Waals surface area contributed by atoms with E-state index in [-0.39, 0.29) is 12.5 Å². The largest absolute Gasteiger partial charge is 0.331 e. The zero-order valence-corrected chi connectivity index (χ0v) is 12.4. The Hall–Kier alpha value is -2.40. The van der Waals surface area contributed by atoms with E-state index in [4.69, 9.17) is 12.2 Å². The standard InChI is InChI=1S/C16H15N3OS/c1-11-6-2-3-7-12(11)17-15(20)10-19-14-9-5-4-8-13(14)18-16(19)21/h2-9H,10H2,1H3,(H,17,20)(H,18,21). The molecule has 0 saturated heterocycles. The second-order valence-corrected chi connectivity index (χ2v) is 5.28. The van der Waals surface area contributed by atoms with Crippen LogP contribution in [0.2, 0.25) is 0 Å². The average molecular weight is 297 g/mol. The number of para-hydroxylation sites is 3. The Morgan fingerprint density at radius 1 is 1.19 bits per heavy atom. The van der Waals surface area contributed by atoms with Crippen LogP contribution in [0.4, 0.5) is 5.69 Å². The number of aryl methyl sites for hydroxylation is 1. The van der Waals surface area contributed by atoms with E-state index >= 15 is 0 Å². The van der Waals surface area contributed by atoms with Gasteiger partial charge in [0, 0.05) is 5.69 Å². The molecule has 0 fully saturated rings. The van der Waals surface area contributed by atoms with Crippen molar-refractivity contribution in [1.29, 1.82) is 0 Å². The number of hydrogen-bond acceptors (Lipinski definition) is 2. The second kappa shape index (κ2) is 5.54. The Morgan fingerprint density at radius 2 is 1.90 bits per heavy atom. The molecule has 0 aliphatic rings. The summed E-state index contributed by atoms with van der Waals surface area (Å²) in [5.74, 6) is -0.0925. The van der Waals surface area contributed by atoms with Gasteiger partial charge >= 0.3 is 0 Å². The maximum atomic E-state index is 12.2. The molecule has 0 bridgehead atoms. The number of imidazole rings is 1. The summed E-state index contributed by atoms with van der Waals surface area (Å²) in [6.45, 7) is 2.16. The summed E-state index contributed by atoms with van der Waals surface area (Å²) < 4.78 is 2.36. The molecule has 0 unspecified atom stereocenters. The zero-order chi connectivity index (χ0) is 14.8. The van der Waals surface area contributed by atoms with E-state index in [9.17, 15) is 4.79 Å². The second-order valence-electron chi connectivity index (χ2n) is 4.90. The van der Waals surface area contributed by atoms with Crippen molar-refractivity contribution in [2.45, 2.75) is 13.5 Å². The Kier molecular flexibility index (Phi) is 3.58. The van der Waals surface area contributed by atoms with Gasteiger partial charge in [-0.15, -0.1) is 0 Å². The van der Waals surface area contributed by atoms with E-state index < -0.39 is 0 Å². The number of carbonyl (C=O) groups is 1. The monoisotopic (exact) mass is 297 g/mol. The highest BCUT2D eigenvalue weighted by molar-refractivity contribution is 7.71. The fourth-order valence-electron chi connectivity index (χ4n) is 2.31. The summed E-state index contributed by atoms with van der Waals surface area (Å²) >= 11 is 5.29. The van der Waals surface area contributed by atoms with Crippen LogP contribution < -0.4 is 5.32 Å². The molecule has 0 aliphatic carbocycles. The van der Waals surface area contributed by atoms with Crippen molar-refractivity contribution in [3.05, 3.63) is 58.9 Å². The molecule has 21 heavy (non-hydrogen) atoms. The van der Waals surface area contributed by atoms with Gasteiger partial charge in [-0.2, -0.15) is 0 Å². The highest BCUT2D eigenvalue weighted by Crippen LogP contribution is 2.15. The molecule has 3 aromatic rings. The first-order chi connectivity index (χ1) is 10.1. The number of fused-ring (bicyclic) bond motifs is 1. The molecule has 0 radical (unpaired) electrons. The Morgan fingerprint density at radius 3 is 2.71 bits per heavy atom. The molecule has 0 atom stereocenters. The Labute approximate surface area is 127 Å². The minimum absolute atomic E-state index is 0.0925. The highest BCUT2D eigenvalue weighted by Gasteiger charge is 2.09. The van der Waals surface area contributed by atoms with Crippen LogP contribution in [0, 0.1) is 11.7 Å². The highest BCUT2D eigenvalue weighted by atomic mass is 32.1. The number of aromatic amines is 1. The third-order valence-corrected chi connectivity index (χ3v) is 3.72. The van der Waals surface area contributed by atoms with Gasteiger partial charge in [0.15, 0.2) is 4.77 Å². The van der Waals surface area contributed by atoms with Crippen molar-refractivity contribution in [2.24, 2.45) is 0 Å². The summed E-state index contributed by atoms with van der Waals surface area (Å²) in [4.78, 5) is 15.3. The lowest BCUT2D eigenvalue weighted by atomic mass is 10.2. The number of anilines is 1. The third kappa shape index (κ3) is 2.73. The predicted molar refractivity (Wildman–Crippen MR) is 86.9 cm³/mol. The summed E-state index contributed by atoms with van der Waals surface area (Å²) in [7, 11) is 0. The van der Waals surface area contributed by atoms with Crippen LogP contribution in [-0.2, 0) is 11.3 Å². The lowest BCUT2D eigenvalue weighted by Gasteiger charge is -2.09. The fraction of sp³-hybridized carbons (Fsp3) is 0.125. The van der Waals surface area contributed by atoms with Crippen LogP contribution in [0.15, 0.2) is 48.5 Å². The number of aromatic nitrogens is 2. The van der Waals surface area contributed by atoms with Gasteiger partial charge in [0.2, 0.25) is 5.91 Å². The summed E-state index contributed by atoms with van der Waals surface area (Å²) in [6, 6.07) is 15.5. The molecule has 0 aliphatic heterocycles. The number of nitrogens with zero attached hydrogens (tertiary/aromatic N) is 1. The Balaban J connectivity index is 1.86. The zero-order valence-electron chi connectivity index (χ0n) is 11.6. The van der Waals surface area contributed by atoms with E-state index in [0.717, 1.165) is 22.3 Å². The van der Waals surface area contributed by atoms with Crippen molar-refractivity contribution in [3.63, 3.8) is 0 Å². The maximum Gasteiger partial charge on any atom is 0.244 e. The smallest absolute Gasteiger partial charge is 0.244 e. The molecule has 1 aromatic heterocycles. The van der Waals surface area contributed by atoms with Gasteiger partial charge < -0.3 is 14.9 Å². The number of nitrogens with one attached hydrogen (secondary N) is 2.